The first-order chi connectivity index (χ1) is 8.76. The highest BCUT2D eigenvalue weighted by Crippen LogP contribution is 2.37. The van der Waals surface area contributed by atoms with Gasteiger partial charge in [-0.1, -0.05) is 26.0 Å². The van der Waals surface area contributed by atoms with Crippen LogP contribution in [0.5, 0.6) is 5.75 Å². The summed E-state index contributed by atoms with van der Waals surface area (Å²) in [7, 11) is -4.54. The smallest absolute Gasteiger partial charge is 0.465 e. The molecule has 1 aromatic carbocycles. The van der Waals surface area contributed by atoms with Crippen molar-refractivity contribution < 1.29 is 28.4 Å². The number of ether oxygens (including phenoxy) is 1. The van der Waals surface area contributed by atoms with E-state index in [4.69, 9.17) is 14.5 Å². The van der Waals surface area contributed by atoms with Gasteiger partial charge in [0.2, 0.25) is 0 Å². The van der Waals surface area contributed by atoms with E-state index < -0.39 is 7.82 Å². The van der Waals surface area contributed by atoms with Crippen LogP contribution in [-0.2, 0) is 20.5 Å². The molecule has 1 rings (SSSR count). The van der Waals surface area contributed by atoms with Gasteiger partial charge in [0.1, 0.15) is 5.75 Å². The Kier molecular flexibility index (Phi) is 5.54. The van der Waals surface area contributed by atoms with E-state index in [1.54, 1.807) is 12.1 Å². The maximum absolute atomic E-state index is 11.5. The topological polar surface area (TPSA) is 93.1 Å². The zero-order valence-electron chi connectivity index (χ0n) is 10.8. The molecule has 2 N–H and O–H groups in total. The van der Waals surface area contributed by atoms with Crippen LogP contribution in [0, 0.1) is 5.92 Å². The normalized spacial score (nSPS) is 11.4. The van der Waals surface area contributed by atoms with Crippen molar-refractivity contribution in [2.75, 3.05) is 6.61 Å². The van der Waals surface area contributed by atoms with Crippen LogP contribution in [0.4, 0.5) is 0 Å². The van der Waals surface area contributed by atoms with Gasteiger partial charge in [0.15, 0.2) is 0 Å². The molecule has 0 amide bonds. The number of phosphoric acid groups is 1. The van der Waals surface area contributed by atoms with Crippen LogP contribution in [0.15, 0.2) is 24.3 Å². The van der Waals surface area contributed by atoms with Gasteiger partial charge in [0.25, 0.3) is 0 Å². The van der Waals surface area contributed by atoms with Crippen molar-refractivity contribution >= 4 is 13.8 Å². The molecule has 0 radical (unpaired) electrons. The molecule has 0 saturated carbocycles. The minimum Gasteiger partial charge on any atom is -0.465 e. The van der Waals surface area contributed by atoms with Crippen LogP contribution in [0.25, 0.3) is 0 Å². The molecule has 0 spiro atoms. The maximum atomic E-state index is 11.5. The number of rotatable bonds is 6. The highest BCUT2D eigenvalue weighted by atomic mass is 31.2. The SMILES string of the molecule is CC(C)COC(=O)Cc1ccc(OP(=O)(O)O)cc1. The second kappa shape index (κ2) is 6.70. The van der Waals surface area contributed by atoms with Crippen molar-refractivity contribution in [2.24, 2.45) is 5.92 Å². The van der Waals surface area contributed by atoms with E-state index in [-0.39, 0.29) is 24.1 Å². The van der Waals surface area contributed by atoms with Crippen molar-refractivity contribution in [1.29, 1.82) is 0 Å². The summed E-state index contributed by atoms with van der Waals surface area (Å²) in [4.78, 5) is 28.7. The Morgan fingerprint density at radius 3 is 2.32 bits per heavy atom. The molecule has 106 valence electrons. The second-order valence-corrected chi connectivity index (χ2v) is 5.64. The zero-order chi connectivity index (χ0) is 14.5. The lowest BCUT2D eigenvalue weighted by Gasteiger charge is -2.08. The summed E-state index contributed by atoms with van der Waals surface area (Å²) in [6.45, 7) is 4.27. The van der Waals surface area contributed by atoms with E-state index in [0.717, 1.165) is 0 Å². The molecule has 0 aliphatic heterocycles. The highest BCUT2D eigenvalue weighted by molar-refractivity contribution is 7.46. The predicted molar refractivity (Wildman–Crippen MR) is 68.6 cm³/mol. The summed E-state index contributed by atoms with van der Waals surface area (Å²) in [5, 5.41) is 0. The Morgan fingerprint density at radius 1 is 1.26 bits per heavy atom. The second-order valence-electron chi connectivity index (χ2n) is 4.48. The molecule has 19 heavy (non-hydrogen) atoms. The molecule has 7 heteroatoms. The number of carbonyl (C=O) groups excluding carboxylic acids is 1. The molecular formula is C12H17O6P. The summed E-state index contributed by atoms with van der Waals surface area (Å²) in [6, 6.07) is 5.90. The first-order valence-electron chi connectivity index (χ1n) is 5.76. The number of phosphoric ester groups is 1. The third-order valence-corrected chi connectivity index (χ3v) is 2.52. The fourth-order valence-electron chi connectivity index (χ4n) is 1.28. The molecule has 0 aromatic heterocycles. The quantitative estimate of drug-likeness (QED) is 0.613. The third kappa shape index (κ3) is 6.96. The maximum Gasteiger partial charge on any atom is 0.524 e. The van der Waals surface area contributed by atoms with Crippen molar-refractivity contribution in [2.45, 2.75) is 20.3 Å². The van der Waals surface area contributed by atoms with Gasteiger partial charge >= 0.3 is 13.8 Å². The van der Waals surface area contributed by atoms with Crippen LogP contribution in [0.3, 0.4) is 0 Å². The van der Waals surface area contributed by atoms with Gasteiger partial charge in [-0.2, -0.15) is 0 Å². The Morgan fingerprint density at radius 2 is 1.84 bits per heavy atom. The Hall–Kier alpha value is -1.36. The standard InChI is InChI=1S/C12H17O6P/c1-9(2)8-17-12(13)7-10-3-5-11(6-4-10)18-19(14,15)16/h3-6,9H,7-8H2,1-2H3,(H2,14,15,16). The minimum absolute atomic E-state index is 0.0487. The van der Waals surface area contributed by atoms with Crippen LogP contribution in [-0.4, -0.2) is 22.4 Å². The Balaban J connectivity index is 2.52. The monoisotopic (exact) mass is 288 g/mol. The van der Waals surface area contributed by atoms with Gasteiger partial charge in [-0.25, -0.2) is 4.57 Å². The molecule has 0 aliphatic rings. The number of esters is 1. The Labute approximate surface area is 111 Å². The lowest BCUT2D eigenvalue weighted by Crippen LogP contribution is -2.12. The van der Waals surface area contributed by atoms with E-state index in [1.807, 2.05) is 13.8 Å². The van der Waals surface area contributed by atoms with Gasteiger partial charge < -0.3 is 9.26 Å². The largest absolute Gasteiger partial charge is 0.524 e. The van der Waals surface area contributed by atoms with E-state index in [1.165, 1.54) is 12.1 Å². The molecule has 6 nitrogen and oxygen atoms in total. The van der Waals surface area contributed by atoms with Crippen LogP contribution >= 0.6 is 7.82 Å². The molecule has 1 aromatic rings. The van der Waals surface area contributed by atoms with Crippen molar-refractivity contribution in [3.05, 3.63) is 29.8 Å². The van der Waals surface area contributed by atoms with Crippen molar-refractivity contribution in [3.8, 4) is 5.75 Å². The van der Waals surface area contributed by atoms with Gasteiger partial charge in [0.05, 0.1) is 13.0 Å². The van der Waals surface area contributed by atoms with Gasteiger partial charge in [-0.3, -0.25) is 14.6 Å². The lowest BCUT2D eigenvalue weighted by molar-refractivity contribution is -0.143. The van der Waals surface area contributed by atoms with Gasteiger partial charge in [-0.05, 0) is 23.6 Å². The number of carbonyl (C=O) groups is 1. The minimum atomic E-state index is -4.54. The summed E-state index contributed by atoms with van der Waals surface area (Å²) in [5.41, 5.74) is 0.687. The van der Waals surface area contributed by atoms with Crippen molar-refractivity contribution in [3.63, 3.8) is 0 Å². The fraction of sp³-hybridized carbons (Fsp3) is 0.417. The van der Waals surface area contributed by atoms with Gasteiger partial charge in [0, 0.05) is 0 Å². The molecular weight excluding hydrogens is 271 g/mol. The van der Waals surface area contributed by atoms with E-state index in [9.17, 15) is 9.36 Å². The predicted octanol–water partition coefficient (Wildman–Crippen LogP) is 1.90. The molecule has 0 aliphatic carbocycles. The molecule has 0 bridgehead atoms. The summed E-state index contributed by atoms with van der Waals surface area (Å²) < 4.78 is 20.0. The molecule has 0 saturated heterocycles. The number of hydrogen-bond donors (Lipinski definition) is 2. The van der Waals surface area contributed by atoms with Gasteiger partial charge in [-0.15, -0.1) is 0 Å². The first-order valence-corrected chi connectivity index (χ1v) is 7.29. The average molecular weight is 288 g/mol. The summed E-state index contributed by atoms with van der Waals surface area (Å²) in [5.74, 6) is -0.00651. The third-order valence-electron chi connectivity index (χ3n) is 2.07. The van der Waals surface area contributed by atoms with Crippen LogP contribution in [0.2, 0.25) is 0 Å². The average Bonchev–Trinajstić information content (AvgIpc) is 2.27. The van der Waals surface area contributed by atoms with Crippen molar-refractivity contribution in [1.82, 2.24) is 0 Å². The summed E-state index contributed by atoms with van der Waals surface area (Å²) >= 11 is 0. The number of benzene rings is 1. The van der Waals surface area contributed by atoms with Crippen LogP contribution in [0.1, 0.15) is 19.4 Å². The molecule has 0 heterocycles. The van der Waals surface area contributed by atoms with E-state index in [2.05, 4.69) is 4.52 Å². The van der Waals surface area contributed by atoms with E-state index in [0.29, 0.717) is 12.2 Å². The molecule has 0 atom stereocenters. The highest BCUT2D eigenvalue weighted by Gasteiger charge is 2.15. The van der Waals surface area contributed by atoms with E-state index >= 15 is 0 Å². The first kappa shape index (κ1) is 15.7. The fourth-order valence-corrected chi connectivity index (χ4v) is 1.68. The molecule has 0 fully saturated rings. The Bertz CT molecular complexity index is 462. The van der Waals surface area contributed by atoms with Crippen LogP contribution < -0.4 is 4.52 Å². The molecule has 0 unspecified atom stereocenters. The summed E-state index contributed by atoms with van der Waals surface area (Å²) in [6.07, 6.45) is 0.114. The number of hydrogen-bond acceptors (Lipinski definition) is 4. The lowest BCUT2D eigenvalue weighted by atomic mass is 10.1. The zero-order valence-corrected chi connectivity index (χ0v) is 11.7.